The molecule has 0 saturated carbocycles. The summed E-state index contributed by atoms with van der Waals surface area (Å²) in [5.74, 6) is -0.497. The van der Waals surface area contributed by atoms with E-state index < -0.39 is 34.8 Å². The average Bonchev–Trinajstić information content (AvgIpc) is 2.12. The molecule has 0 aliphatic carbocycles. The lowest BCUT2D eigenvalue weighted by Gasteiger charge is -2.12. The first-order chi connectivity index (χ1) is 7.16. The van der Waals surface area contributed by atoms with Crippen LogP contribution in [0.15, 0.2) is 0 Å². The molecule has 0 aliphatic heterocycles. The molecule has 0 radical (unpaired) electrons. The fraction of sp³-hybridized carbons (Fsp3) is 1.00. The third-order valence-corrected chi connectivity index (χ3v) is 3.41. The lowest BCUT2D eigenvalue weighted by Crippen LogP contribution is -2.38. The summed E-state index contributed by atoms with van der Waals surface area (Å²) in [6.45, 7) is 1.93. The van der Waals surface area contributed by atoms with E-state index in [1.807, 2.05) is 0 Å². The van der Waals surface area contributed by atoms with Gasteiger partial charge >= 0.3 is 6.18 Å². The molecule has 2 N–H and O–H groups in total. The van der Waals surface area contributed by atoms with E-state index >= 15 is 0 Å². The molecule has 0 fully saturated rings. The fourth-order valence-corrected chi connectivity index (χ4v) is 2.06. The number of halogens is 4. The zero-order valence-corrected chi connectivity index (χ0v) is 11.3. The van der Waals surface area contributed by atoms with Crippen LogP contribution in [-0.2, 0) is 10.0 Å². The van der Waals surface area contributed by atoms with Crippen molar-refractivity contribution in [1.29, 1.82) is 0 Å². The van der Waals surface area contributed by atoms with Crippen LogP contribution in [0.3, 0.4) is 0 Å². The standard InChI is InChI=1S/C8H17F3N2O2S.ClH/c1-7(12-2)6-13-16(14,15)5-3-4-8(9,10)11;/h7,12-13H,3-6H2,1-2H3;1H. The van der Waals surface area contributed by atoms with Gasteiger partial charge in [-0.2, -0.15) is 13.2 Å². The van der Waals surface area contributed by atoms with Crippen molar-refractivity contribution in [2.45, 2.75) is 32.0 Å². The molecule has 0 aromatic heterocycles. The van der Waals surface area contributed by atoms with Gasteiger partial charge in [0, 0.05) is 19.0 Å². The molecule has 0 aromatic rings. The van der Waals surface area contributed by atoms with Gasteiger partial charge < -0.3 is 5.32 Å². The zero-order chi connectivity index (χ0) is 12.8. The number of rotatable bonds is 7. The predicted octanol–water partition coefficient (Wildman–Crippen LogP) is 1.28. The first-order valence-electron chi connectivity index (χ1n) is 4.87. The van der Waals surface area contributed by atoms with Crippen molar-refractivity contribution in [1.82, 2.24) is 10.0 Å². The first-order valence-corrected chi connectivity index (χ1v) is 6.53. The molecule has 1 atom stereocenters. The summed E-state index contributed by atoms with van der Waals surface area (Å²) >= 11 is 0. The number of sulfonamides is 1. The second-order valence-electron chi connectivity index (χ2n) is 3.58. The van der Waals surface area contributed by atoms with E-state index in [4.69, 9.17) is 0 Å². The second kappa shape index (κ2) is 8.12. The minimum atomic E-state index is -4.30. The predicted molar refractivity (Wildman–Crippen MR) is 62.8 cm³/mol. The van der Waals surface area contributed by atoms with Gasteiger partial charge in [-0.05, 0) is 20.4 Å². The molecule has 0 aromatic carbocycles. The molecular weight excluding hydrogens is 281 g/mol. The Hall–Kier alpha value is -0.0500. The number of hydrogen-bond donors (Lipinski definition) is 2. The molecule has 0 amide bonds. The largest absolute Gasteiger partial charge is 0.389 e. The smallest absolute Gasteiger partial charge is 0.316 e. The summed E-state index contributed by atoms with van der Waals surface area (Å²) in [4.78, 5) is 0. The maximum atomic E-state index is 11.8. The number of alkyl halides is 3. The van der Waals surface area contributed by atoms with Crippen molar-refractivity contribution in [2.24, 2.45) is 0 Å². The van der Waals surface area contributed by atoms with Gasteiger partial charge in [0.25, 0.3) is 0 Å². The van der Waals surface area contributed by atoms with Crippen LogP contribution >= 0.6 is 12.4 Å². The highest BCUT2D eigenvalue weighted by molar-refractivity contribution is 7.89. The third kappa shape index (κ3) is 12.2. The maximum Gasteiger partial charge on any atom is 0.389 e. The maximum absolute atomic E-state index is 11.8. The van der Waals surface area contributed by atoms with Crippen molar-refractivity contribution in [3.8, 4) is 0 Å². The van der Waals surface area contributed by atoms with E-state index in [0.29, 0.717) is 0 Å². The monoisotopic (exact) mass is 298 g/mol. The Bertz CT molecular complexity index is 296. The highest BCUT2D eigenvalue weighted by Crippen LogP contribution is 2.21. The van der Waals surface area contributed by atoms with Crippen LogP contribution in [0.1, 0.15) is 19.8 Å². The lowest BCUT2D eigenvalue weighted by atomic mass is 10.3. The molecular formula is C8H18ClF3N2O2S. The number of nitrogens with one attached hydrogen (secondary N) is 2. The molecule has 0 bridgehead atoms. The Morgan fingerprint density at radius 1 is 1.29 bits per heavy atom. The molecule has 17 heavy (non-hydrogen) atoms. The Kier molecular flexibility index (Phi) is 9.22. The summed E-state index contributed by atoms with van der Waals surface area (Å²) in [6.07, 6.45) is -5.78. The van der Waals surface area contributed by atoms with Gasteiger partial charge in [-0.25, -0.2) is 13.1 Å². The van der Waals surface area contributed by atoms with Crippen LogP contribution in [0.4, 0.5) is 13.2 Å². The first kappa shape index (κ1) is 19.3. The van der Waals surface area contributed by atoms with Gasteiger partial charge in [0.1, 0.15) is 0 Å². The van der Waals surface area contributed by atoms with Crippen LogP contribution in [0.2, 0.25) is 0 Å². The zero-order valence-electron chi connectivity index (χ0n) is 9.67. The molecule has 9 heteroatoms. The molecule has 0 saturated heterocycles. The van der Waals surface area contributed by atoms with E-state index in [0.717, 1.165) is 0 Å². The van der Waals surface area contributed by atoms with Crippen LogP contribution in [0.25, 0.3) is 0 Å². The Balaban J connectivity index is 0. The summed E-state index contributed by atoms with van der Waals surface area (Å²) in [7, 11) is -1.93. The van der Waals surface area contributed by atoms with Crippen LogP contribution < -0.4 is 10.0 Å². The second-order valence-corrected chi connectivity index (χ2v) is 5.50. The molecule has 0 aliphatic rings. The van der Waals surface area contributed by atoms with Gasteiger partial charge in [-0.3, -0.25) is 0 Å². The molecule has 106 valence electrons. The van der Waals surface area contributed by atoms with Crippen molar-refractivity contribution in [2.75, 3.05) is 19.3 Å². The van der Waals surface area contributed by atoms with E-state index in [-0.39, 0.29) is 25.0 Å². The van der Waals surface area contributed by atoms with E-state index in [1.54, 1.807) is 14.0 Å². The van der Waals surface area contributed by atoms with E-state index in [1.165, 1.54) is 0 Å². The van der Waals surface area contributed by atoms with E-state index in [2.05, 4.69) is 10.0 Å². The SMILES string of the molecule is CNC(C)CNS(=O)(=O)CCCC(F)(F)F.Cl. The van der Waals surface area contributed by atoms with Crippen LogP contribution in [0, 0.1) is 0 Å². The van der Waals surface area contributed by atoms with Crippen molar-refractivity contribution >= 4 is 22.4 Å². The Morgan fingerprint density at radius 3 is 2.24 bits per heavy atom. The highest BCUT2D eigenvalue weighted by Gasteiger charge is 2.27. The summed E-state index contributed by atoms with van der Waals surface area (Å²) in [5, 5.41) is 2.81. The van der Waals surface area contributed by atoms with Crippen molar-refractivity contribution in [3.05, 3.63) is 0 Å². The van der Waals surface area contributed by atoms with Crippen molar-refractivity contribution < 1.29 is 21.6 Å². The average molecular weight is 299 g/mol. The van der Waals surface area contributed by atoms with Gasteiger partial charge in [0.15, 0.2) is 0 Å². The van der Waals surface area contributed by atoms with Gasteiger partial charge in [-0.1, -0.05) is 0 Å². The van der Waals surface area contributed by atoms with E-state index in [9.17, 15) is 21.6 Å². The Morgan fingerprint density at radius 2 is 1.82 bits per heavy atom. The third-order valence-electron chi connectivity index (χ3n) is 1.98. The van der Waals surface area contributed by atoms with Crippen LogP contribution in [0.5, 0.6) is 0 Å². The summed E-state index contributed by atoms with van der Waals surface area (Å²) in [5.41, 5.74) is 0. The highest BCUT2D eigenvalue weighted by atomic mass is 35.5. The molecule has 0 heterocycles. The quantitative estimate of drug-likeness (QED) is 0.744. The number of hydrogen-bond acceptors (Lipinski definition) is 3. The van der Waals surface area contributed by atoms with Crippen LogP contribution in [-0.4, -0.2) is 40.0 Å². The summed E-state index contributed by atoms with van der Waals surface area (Å²) in [6, 6.07) is -0.0580. The number of likely N-dealkylation sites (N-methyl/N-ethyl adjacent to an activating group) is 1. The normalized spacial score (nSPS) is 14.2. The minimum Gasteiger partial charge on any atom is -0.316 e. The minimum absolute atomic E-state index is 0. The topological polar surface area (TPSA) is 58.2 Å². The van der Waals surface area contributed by atoms with Crippen molar-refractivity contribution in [3.63, 3.8) is 0 Å². The van der Waals surface area contributed by atoms with Gasteiger partial charge in [-0.15, -0.1) is 12.4 Å². The summed E-state index contributed by atoms with van der Waals surface area (Å²) < 4.78 is 60.0. The molecule has 0 spiro atoms. The molecule has 0 rings (SSSR count). The fourth-order valence-electron chi connectivity index (χ4n) is 0.889. The van der Waals surface area contributed by atoms with Gasteiger partial charge in [0.2, 0.25) is 10.0 Å². The Labute approximate surface area is 106 Å². The molecule has 4 nitrogen and oxygen atoms in total. The van der Waals surface area contributed by atoms with Gasteiger partial charge in [0.05, 0.1) is 5.75 Å². The lowest BCUT2D eigenvalue weighted by molar-refractivity contribution is -0.134. The molecule has 1 unspecified atom stereocenters.